The van der Waals surface area contributed by atoms with Gasteiger partial charge in [0, 0.05) is 16.5 Å². The van der Waals surface area contributed by atoms with Crippen LogP contribution in [0.15, 0.2) is 200 Å². The van der Waals surface area contributed by atoms with Gasteiger partial charge < -0.3 is 4.57 Å². The van der Waals surface area contributed by atoms with Crippen LogP contribution in [-0.4, -0.2) is 12.6 Å². The summed E-state index contributed by atoms with van der Waals surface area (Å²) in [5.41, 5.74) is 11.2. The molecule has 0 aliphatic rings. The summed E-state index contributed by atoms with van der Waals surface area (Å²) in [6.45, 7) is 4.98. The average molecular weight is 706 g/mol. The normalized spacial score (nSPS) is 11.9. The van der Waals surface area contributed by atoms with E-state index in [2.05, 4.69) is 218 Å². The van der Waals surface area contributed by atoms with E-state index >= 15 is 0 Å². The van der Waals surface area contributed by atoms with Crippen molar-refractivity contribution in [3.8, 4) is 39.1 Å². The molecule has 10 aromatic rings. The number of aromatic nitrogens is 1. The molecule has 0 aliphatic heterocycles. The first-order chi connectivity index (χ1) is 26.6. The van der Waals surface area contributed by atoms with Crippen molar-refractivity contribution < 1.29 is 0 Å². The van der Waals surface area contributed by atoms with E-state index in [-0.39, 0.29) is 0 Å². The van der Waals surface area contributed by atoms with Crippen molar-refractivity contribution >= 4 is 61.8 Å². The minimum atomic E-state index is -2.08. The number of fused-ring (bicyclic) bond motifs is 5. The van der Waals surface area contributed by atoms with Crippen LogP contribution >= 0.6 is 0 Å². The number of nitrogens with zero attached hydrogens (tertiary/aromatic N) is 1. The summed E-state index contributed by atoms with van der Waals surface area (Å²) in [6.07, 6.45) is 0. The van der Waals surface area contributed by atoms with E-state index in [1.807, 2.05) is 0 Å². The van der Waals surface area contributed by atoms with Crippen molar-refractivity contribution in [3.05, 3.63) is 200 Å². The summed E-state index contributed by atoms with van der Waals surface area (Å²) < 4.78 is 2.40. The monoisotopic (exact) mass is 705 g/mol. The van der Waals surface area contributed by atoms with Gasteiger partial charge >= 0.3 is 0 Å². The molecule has 0 radical (unpaired) electrons. The van der Waals surface area contributed by atoms with E-state index in [1.165, 1.54) is 92.8 Å². The van der Waals surface area contributed by atoms with Crippen LogP contribution in [-0.2, 0) is 0 Å². The van der Waals surface area contributed by atoms with Gasteiger partial charge in [0.25, 0.3) is 0 Å². The third-order valence-corrected chi connectivity index (χ3v) is 15.0. The van der Waals surface area contributed by atoms with E-state index in [4.69, 9.17) is 0 Å². The standard InChI is InChI=1S/C52H39NSi/c1-54(2,42-31-33-50-47(35-42)43-22-14-15-25-49(43)53(50)40-20-10-5-11-21-40)41-29-26-38(27-30-41)52-45-24-13-12-23-44(45)51(37-18-8-4-9-19-37)46-32-28-39(34-48(46)52)36-16-6-3-7-17-36/h3-35H,1-2H3. The Bertz CT molecular complexity index is 2980. The second-order valence-electron chi connectivity index (χ2n) is 14.9. The lowest BCUT2D eigenvalue weighted by molar-refractivity contribution is 1.18. The molecule has 9 aromatic carbocycles. The zero-order chi connectivity index (χ0) is 36.2. The molecular formula is C52H39NSi. The average Bonchev–Trinajstić information content (AvgIpc) is 3.57. The summed E-state index contributed by atoms with van der Waals surface area (Å²) >= 11 is 0. The van der Waals surface area contributed by atoms with Gasteiger partial charge in [-0.3, -0.25) is 0 Å². The smallest absolute Gasteiger partial charge is 0.112 e. The molecule has 0 atom stereocenters. The number of benzene rings is 9. The lowest BCUT2D eigenvalue weighted by Crippen LogP contribution is -2.52. The van der Waals surface area contributed by atoms with Gasteiger partial charge in [0.05, 0.1) is 11.0 Å². The maximum atomic E-state index is 2.49. The molecule has 0 saturated heterocycles. The van der Waals surface area contributed by atoms with Gasteiger partial charge in [-0.25, -0.2) is 0 Å². The largest absolute Gasteiger partial charge is 0.309 e. The van der Waals surface area contributed by atoms with Gasteiger partial charge in [-0.15, -0.1) is 0 Å². The summed E-state index contributed by atoms with van der Waals surface area (Å²) in [5, 5.41) is 10.6. The molecule has 0 N–H and O–H groups in total. The lowest BCUT2D eigenvalue weighted by atomic mass is 9.85. The third-order valence-electron chi connectivity index (χ3n) is 11.5. The summed E-state index contributed by atoms with van der Waals surface area (Å²) in [4.78, 5) is 0. The Kier molecular flexibility index (Phi) is 7.67. The van der Waals surface area contributed by atoms with Crippen LogP contribution in [0.4, 0.5) is 0 Å². The van der Waals surface area contributed by atoms with Crippen LogP contribution in [0, 0.1) is 0 Å². The quantitative estimate of drug-likeness (QED) is 0.120. The Morgan fingerprint density at radius 2 is 0.796 bits per heavy atom. The van der Waals surface area contributed by atoms with Crippen molar-refractivity contribution in [2.75, 3.05) is 0 Å². The molecule has 1 nitrogen and oxygen atoms in total. The lowest BCUT2D eigenvalue weighted by Gasteiger charge is -2.25. The molecule has 1 heterocycles. The van der Waals surface area contributed by atoms with Crippen LogP contribution in [0.2, 0.25) is 13.1 Å². The van der Waals surface area contributed by atoms with E-state index < -0.39 is 8.07 Å². The molecule has 0 bridgehead atoms. The highest BCUT2D eigenvalue weighted by Crippen LogP contribution is 2.44. The minimum Gasteiger partial charge on any atom is -0.309 e. The van der Waals surface area contributed by atoms with Crippen molar-refractivity contribution in [2.45, 2.75) is 13.1 Å². The molecule has 0 saturated carbocycles. The van der Waals surface area contributed by atoms with Gasteiger partial charge in [-0.1, -0.05) is 193 Å². The van der Waals surface area contributed by atoms with Crippen molar-refractivity contribution in [1.29, 1.82) is 0 Å². The first-order valence-corrected chi connectivity index (χ1v) is 21.9. The van der Waals surface area contributed by atoms with Gasteiger partial charge in [-0.05, 0) is 85.3 Å². The molecule has 0 amide bonds. The number of para-hydroxylation sites is 2. The van der Waals surface area contributed by atoms with Crippen LogP contribution in [0.5, 0.6) is 0 Å². The maximum Gasteiger partial charge on any atom is 0.112 e. The van der Waals surface area contributed by atoms with Gasteiger partial charge in [0.2, 0.25) is 0 Å². The molecule has 54 heavy (non-hydrogen) atoms. The molecule has 0 spiro atoms. The first-order valence-electron chi connectivity index (χ1n) is 18.9. The second kappa shape index (κ2) is 12.9. The van der Waals surface area contributed by atoms with Crippen molar-refractivity contribution in [2.24, 2.45) is 0 Å². The fourth-order valence-electron chi connectivity index (χ4n) is 8.65. The Morgan fingerprint density at radius 3 is 1.48 bits per heavy atom. The highest BCUT2D eigenvalue weighted by molar-refractivity contribution is 7.00. The molecular weight excluding hydrogens is 667 g/mol. The van der Waals surface area contributed by atoms with Crippen molar-refractivity contribution in [3.63, 3.8) is 0 Å². The zero-order valence-electron chi connectivity index (χ0n) is 30.5. The van der Waals surface area contributed by atoms with Crippen LogP contribution in [0.1, 0.15) is 0 Å². The zero-order valence-corrected chi connectivity index (χ0v) is 31.5. The van der Waals surface area contributed by atoms with Crippen LogP contribution in [0.3, 0.4) is 0 Å². The Morgan fingerprint density at radius 1 is 0.315 bits per heavy atom. The van der Waals surface area contributed by atoms with Crippen LogP contribution in [0.25, 0.3) is 82.4 Å². The first kappa shape index (κ1) is 32.2. The van der Waals surface area contributed by atoms with Crippen LogP contribution < -0.4 is 10.4 Å². The second-order valence-corrected chi connectivity index (χ2v) is 19.3. The van der Waals surface area contributed by atoms with E-state index in [1.54, 1.807) is 0 Å². The fraction of sp³-hybridized carbons (Fsp3) is 0.0385. The SMILES string of the molecule is C[Si](C)(c1ccc(-c2c3ccccc3c(-c3ccccc3)c3ccc(-c4ccccc4)cc23)cc1)c1ccc2c(c1)c1ccccc1n2-c1ccccc1. The number of hydrogen-bond acceptors (Lipinski definition) is 0. The highest BCUT2D eigenvalue weighted by atomic mass is 28.3. The van der Waals surface area contributed by atoms with Gasteiger partial charge in [0.15, 0.2) is 0 Å². The van der Waals surface area contributed by atoms with E-state index in [0.717, 1.165) is 0 Å². The minimum absolute atomic E-state index is 1.19. The van der Waals surface area contributed by atoms with Crippen molar-refractivity contribution in [1.82, 2.24) is 4.57 Å². The molecule has 256 valence electrons. The van der Waals surface area contributed by atoms with Gasteiger partial charge in [0.1, 0.15) is 8.07 Å². The molecule has 1 aromatic heterocycles. The Balaban J connectivity index is 1.13. The topological polar surface area (TPSA) is 4.93 Å². The van der Waals surface area contributed by atoms with E-state index in [9.17, 15) is 0 Å². The molecule has 0 fully saturated rings. The summed E-state index contributed by atoms with van der Waals surface area (Å²) in [7, 11) is -2.08. The predicted molar refractivity (Wildman–Crippen MR) is 235 cm³/mol. The number of rotatable bonds is 6. The Hall–Kier alpha value is -6.48. The summed E-state index contributed by atoms with van der Waals surface area (Å²) in [6, 6.07) is 73.9. The maximum absolute atomic E-state index is 2.49. The predicted octanol–water partition coefficient (Wildman–Crippen LogP) is 12.9. The Labute approximate surface area is 317 Å². The third kappa shape index (κ3) is 5.22. The van der Waals surface area contributed by atoms with Gasteiger partial charge in [-0.2, -0.15) is 0 Å². The van der Waals surface area contributed by atoms with E-state index in [0.29, 0.717) is 0 Å². The number of hydrogen-bond donors (Lipinski definition) is 0. The summed E-state index contributed by atoms with van der Waals surface area (Å²) in [5.74, 6) is 0. The molecule has 10 rings (SSSR count). The fourth-order valence-corrected chi connectivity index (χ4v) is 11.0. The molecule has 2 heteroatoms. The molecule has 0 unspecified atom stereocenters. The highest BCUT2D eigenvalue weighted by Gasteiger charge is 2.28. The molecule has 0 aliphatic carbocycles.